The van der Waals surface area contributed by atoms with Crippen molar-refractivity contribution >= 4 is 29.2 Å². The molecule has 0 saturated heterocycles. The Labute approximate surface area is 104 Å². The minimum Gasteiger partial charge on any atom is -0.467 e. The van der Waals surface area contributed by atoms with Crippen molar-refractivity contribution < 1.29 is 9.53 Å². The molecule has 0 saturated carbocycles. The first-order chi connectivity index (χ1) is 8.04. The molecule has 0 spiro atoms. The van der Waals surface area contributed by atoms with Crippen LogP contribution in [0.25, 0.3) is 11.0 Å². The minimum absolute atomic E-state index is 0.302. The fraction of sp³-hybridized carbons (Fsp3) is 0.333. The summed E-state index contributed by atoms with van der Waals surface area (Å²) in [5.41, 5.74) is 2.97. The average Bonchev–Trinajstić information content (AvgIpc) is 2.62. The van der Waals surface area contributed by atoms with Crippen molar-refractivity contribution in [3.05, 3.63) is 28.5 Å². The van der Waals surface area contributed by atoms with E-state index in [-0.39, 0.29) is 5.97 Å². The molecule has 90 valence electrons. The second kappa shape index (κ2) is 4.33. The van der Waals surface area contributed by atoms with Gasteiger partial charge in [-0.25, -0.2) is 4.79 Å². The molecule has 1 aromatic carbocycles. The van der Waals surface area contributed by atoms with E-state index < -0.39 is 6.04 Å². The minimum atomic E-state index is -0.428. The molecule has 0 aliphatic carbocycles. The van der Waals surface area contributed by atoms with Gasteiger partial charge in [-0.1, -0.05) is 6.07 Å². The van der Waals surface area contributed by atoms with Crippen molar-refractivity contribution in [2.24, 2.45) is 0 Å². The SMILES string of the molecule is COC(=O)C(C)n1c(=S)[nH]c2ccc(C)cc21. The molecule has 4 nitrogen and oxygen atoms in total. The normalized spacial score (nSPS) is 12.6. The number of esters is 1. The summed E-state index contributed by atoms with van der Waals surface area (Å²) >= 11 is 5.24. The molecule has 2 rings (SSSR count). The average molecular weight is 250 g/mol. The van der Waals surface area contributed by atoms with E-state index >= 15 is 0 Å². The molecular weight excluding hydrogens is 236 g/mol. The summed E-state index contributed by atoms with van der Waals surface area (Å²) in [4.78, 5) is 14.7. The summed E-state index contributed by atoms with van der Waals surface area (Å²) in [5.74, 6) is -0.302. The summed E-state index contributed by atoms with van der Waals surface area (Å²) < 4.78 is 7.06. The van der Waals surface area contributed by atoms with Crippen molar-refractivity contribution in [3.63, 3.8) is 0 Å². The quantitative estimate of drug-likeness (QED) is 0.658. The second-order valence-electron chi connectivity index (χ2n) is 4.02. The van der Waals surface area contributed by atoms with E-state index in [0.717, 1.165) is 16.6 Å². The number of nitrogens with one attached hydrogen (secondary N) is 1. The van der Waals surface area contributed by atoms with Gasteiger partial charge in [0.25, 0.3) is 0 Å². The monoisotopic (exact) mass is 250 g/mol. The van der Waals surface area contributed by atoms with Gasteiger partial charge in [-0.2, -0.15) is 0 Å². The van der Waals surface area contributed by atoms with Crippen molar-refractivity contribution in [3.8, 4) is 0 Å². The molecule has 0 radical (unpaired) electrons. The first kappa shape index (κ1) is 11.9. The molecule has 2 aromatic rings. The smallest absolute Gasteiger partial charge is 0.328 e. The van der Waals surface area contributed by atoms with Crippen LogP contribution in [0.15, 0.2) is 18.2 Å². The maximum atomic E-state index is 11.6. The molecule has 1 unspecified atom stereocenters. The second-order valence-corrected chi connectivity index (χ2v) is 4.41. The Morgan fingerprint density at radius 2 is 2.24 bits per heavy atom. The molecule has 0 aliphatic heterocycles. The molecule has 0 fully saturated rings. The maximum Gasteiger partial charge on any atom is 0.328 e. The van der Waals surface area contributed by atoms with E-state index in [4.69, 9.17) is 17.0 Å². The van der Waals surface area contributed by atoms with Crippen LogP contribution in [-0.2, 0) is 9.53 Å². The highest BCUT2D eigenvalue weighted by Crippen LogP contribution is 2.21. The lowest BCUT2D eigenvalue weighted by Crippen LogP contribution is -2.17. The molecule has 1 heterocycles. The first-order valence-corrected chi connectivity index (χ1v) is 5.74. The Kier molecular flexibility index (Phi) is 3.02. The van der Waals surface area contributed by atoms with Crippen molar-refractivity contribution in [1.82, 2.24) is 9.55 Å². The van der Waals surface area contributed by atoms with Crippen molar-refractivity contribution in [1.29, 1.82) is 0 Å². The van der Waals surface area contributed by atoms with Crippen LogP contribution in [0.4, 0.5) is 0 Å². The van der Waals surface area contributed by atoms with E-state index in [9.17, 15) is 4.79 Å². The third-order valence-electron chi connectivity index (χ3n) is 2.80. The highest BCUT2D eigenvalue weighted by molar-refractivity contribution is 7.71. The van der Waals surface area contributed by atoms with E-state index in [1.807, 2.05) is 25.1 Å². The summed E-state index contributed by atoms with van der Waals surface area (Å²) in [6.45, 7) is 3.78. The highest BCUT2D eigenvalue weighted by Gasteiger charge is 2.18. The third kappa shape index (κ3) is 1.98. The zero-order chi connectivity index (χ0) is 12.6. The number of H-pyrrole nitrogens is 1. The Hall–Kier alpha value is -1.62. The summed E-state index contributed by atoms with van der Waals surface area (Å²) in [5, 5.41) is 0. The lowest BCUT2D eigenvalue weighted by Gasteiger charge is -2.12. The van der Waals surface area contributed by atoms with E-state index in [1.165, 1.54) is 7.11 Å². The first-order valence-electron chi connectivity index (χ1n) is 5.33. The molecule has 17 heavy (non-hydrogen) atoms. The number of hydrogen-bond donors (Lipinski definition) is 1. The van der Waals surface area contributed by atoms with Gasteiger partial charge in [0.1, 0.15) is 6.04 Å². The number of benzene rings is 1. The topological polar surface area (TPSA) is 47.0 Å². The number of fused-ring (bicyclic) bond motifs is 1. The number of methoxy groups -OCH3 is 1. The fourth-order valence-electron chi connectivity index (χ4n) is 1.89. The number of ether oxygens (including phenoxy) is 1. The van der Waals surface area contributed by atoms with Gasteiger partial charge < -0.3 is 14.3 Å². The van der Waals surface area contributed by atoms with Gasteiger partial charge in [0, 0.05) is 0 Å². The molecule has 1 N–H and O–H groups in total. The predicted molar refractivity (Wildman–Crippen MR) is 68.6 cm³/mol. The summed E-state index contributed by atoms with van der Waals surface area (Å²) in [6, 6.07) is 5.53. The number of nitrogens with zero attached hydrogens (tertiary/aromatic N) is 1. The number of aromatic amines is 1. The van der Waals surface area contributed by atoms with Crippen LogP contribution in [0.3, 0.4) is 0 Å². The Bertz CT molecular complexity index is 627. The standard InChI is InChI=1S/C12H14N2O2S/c1-7-4-5-9-10(6-7)14(12(17)13-9)8(2)11(15)16-3/h4-6,8H,1-3H3,(H,13,17). The number of aromatic nitrogens is 2. The van der Waals surface area contributed by atoms with Crippen molar-refractivity contribution in [2.45, 2.75) is 19.9 Å². The summed E-state index contributed by atoms with van der Waals surface area (Å²) in [7, 11) is 1.38. The van der Waals surface area contributed by atoms with E-state index in [1.54, 1.807) is 11.5 Å². The van der Waals surface area contributed by atoms with Crippen LogP contribution in [0.5, 0.6) is 0 Å². The van der Waals surface area contributed by atoms with Crippen LogP contribution in [-0.4, -0.2) is 22.6 Å². The van der Waals surface area contributed by atoms with Crippen LogP contribution >= 0.6 is 12.2 Å². The van der Waals surface area contributed by atoms with Gasteiger partial charge in [-0.05, 0) is 43.8 Å². The van der Waals surface area contributed by atoms with Crippen LogP contribution < -0.4 is 0 Å². The number of rotatable bonds is 2. The number of aryl methyl sites for hydroxylation is 1. The van der Waals surface area contributed by atoms with Gasteiger partial charge in [-0.15, -0.1) is 0 Å². The summed E-state index contributed by atoms with van der Waals surface area (Å²) in [6.07, 6.45) is 0. The molecule has 0 aliphatic rings. The fourth-order valence-corrected chi connectivity index (χ4v) is 2.26. The van der Waals surface area contributed by atoms with Gasteiger partial charge in [0.05, 0.1) is 18.1 Å². The predicted octanol–water partition coefficient (Wildman–Crippen LogP) is 2.74. The van der Waals surface area contributed by atoms with Gasteiger partial charge in [-0.3, -0.25) is 0 Å². The van der Waals surface area contributed by atoms with E-state index in [2.05, 4.69) is 4.98 Å². The van der Waals surface area contributed by atoms with Crippen LogP contribution in [0.1, 0.15) is 18.5 Å². The van der Waals surface area contributed by atoms with Gasteiger partial charge in [0.15, 0.2) is 4.77 Å². The maximum absolute atomic E-state index is 11.6. The largest absolute Gasteiger partial charge is 0.467 e. The lowest BCUT2D eigenvalue weighted by atomic mass is 10.2. The van der Waals surface area contributed by atoms with Crippen LogP contribution in [0, 0.1) is 11.7 Å². The molecule has 0 amide bonds. The molecule has 1 aromatic heterocycles. The lowest BCUT2D eigenvalue weighted by molar-refractivity contribution is -0.143. The van der Waals surface area contributed by atoms with E-state index in [0.29, 0.717) is 4.77 Å². The Balaban J connectivity index is 2.67. The number of carbonyl (C=O) groups is 1. The van der Waals surface area contributed by atoms with Crippen LogP contribution in [0.2, 0.25) is 0 Å². The molecular formula is C12H14N2O2S. The number of imidazole rings is 1. The third-order valence-corrected chi connectivity index (χ3v) is 3.10. The molecule has 1 atom stereocenters. The Morgan fingerprint density at radius 3 is 2.88 bits per heavy atom. The van der Waals surface area contributed by atoms with Gasteiger partial charge >= 0.3 is 5.97 Å². The zero-order valence-corrected chi connectivity index (χ0v) is 10.8. The number of carbonyl (C=O) groups excluding carboxylic acids is 1. The number of hydrogen-bond acceptors (Lipinski definition) is 3. The highest BCUT2D eigenvalue weighted by atomic mass is 32.1. The molecule has 5 heteroatoms. The molecule has 0 bridgehead atoms. The van der Waals surface area contributed by atoms with Gasteiger partial charge in [0.2, 0.25) is 0 Å². The Morgan fingerprint density at radius 1 is 1.53 bits per heavy atom. The zero-order valence-electron chi connectivity index (χ0n) is 9.98. The van der Waals surface area contributed by atoms with Crippen molar-refractivity contribution in [2.75, 3.05) is 7.11 Å².